The van der Waals surface area contributed by atoms with E-state index in [0.717, 1.165) is 6.20 Å². The van der Waals surface area contributed by atoms with Crippen LogP contribution in [0.15, 0.2) is 53.4 Å². The van der Waals surface area contributed by atoms with Crippen molar-refractivity contribution in [3.8, 4) is 22.9 Å². The first-order chi connectivity index (χ1) is 19.0. The number of carbonyl (C=O) groups excluding carboxylic acids is 2. The van der Waals surface area contributed by atoms with Crippen molar-refractivity contribution in [2.75, 3.05) is 24.5 Å². The molecule has 3 aromatic heterocycles. The summed E-state index contributed by atoms with van der Waals surface area (Å²) < 4.78 is 41.1. The Balaban J connectivity index is 1.48. The largest absolute Gasteiger partial charge is 0.442 e. The fraction of sp³-hybridized carbons (Fsp3) is 0.308. The van der Waals surface area contributed by atoms with Crippen molar-refractivity contribution in [3.05, 3.63) is 66.1 Å². The minimum absolute atomic E-state index is 0.0683. The number of piperazine rings is 1. The smallest absolute Gasteiger partial charge is 0.295 e. The van der Waals surface area contributed by atoms with Gasteiger partial charge < -0.3 is 19.1 Å². The van der Waals surface area contributed by atoms with Gasteiger partial charge in [0.1, 0.15) is 23.5 Å². The van der Waals surface area contributed by atoms with Crippen molar-refractivity contribution >= 4 is 18.2 Å². The standard InChI is InChI=1S/C26H25F2N7O4/c1-2-5-23(37)33-9-10-34(24(15-33)38-16-36)26-19(28)13-29-25(30-26)21-12-22(20-8-11-39-32-20)35(31-21)14-17-6-3-4-7-18(17)27/h3-4,6-8,11-13,16,24H,2,5,9-10,14-15H2,1H3. The highest BCUT2D eigenvalue weighted by atomic mass is 19.1. The third-order valence-electron chi connectivity index (χ3n) is 6.35. The van der Waals surface area contributed by atoms with Gasteiger partial charge >= 0.3 is 0 Å². The number of amides is 1. The molecule has 39 heavy (non-hydrogen) atoms. The lowest BCUT2D eigenvalue weighted by Gasteiger charge is -2.40. The summed E-state index contributed by atoms with van der Waals surface area (Å²) >= 11 is 0. The number of rotatable bonds is 9. The first-order valence-corrected chi connectivity index (χ1v) is 12.4. The summed E-state index contributed by atoms with van der Waals surface area (Å²) in [6, 6.07) is 9.61. The van der Waals surface area contributed by atoms with Crippen LogP contribution < -0.4 is 4.90 Å². The van der Waals surface area contributed by atoms with Crippen molar-refractivity contribution in [1.29, 1.82) is 0 Å². The van der Waals surface area contributed by atoms with Gasteiger partial charge in [-0.2, -0.15) is 5.10 Å². The van der Waals surface area contributed by atoms with Crippen LogP contribution in [0, 0.1) is 11.6 Å². The highest BCUT2D eigenvalue weighted by molar-refractivity contribution is 5.76. The first-order valence-electron chi connectivity index (χ1n) is 12.4. The maximum Gasteiger partial charge on any atom is 0.295 e. The molecule has 4 heterocycles. The van der Waals surface area contributed by atoms with Crippen molar-refractivity contribution in [3.63, 3.8) is 0 Å². The summed E-state index contributed by atoms with van der Waals surface area (Å²) in [4.78, 5) is 35.2. The lowest BCUT2D eigenvalue weighted by molar-refractivity contribution is -0.142. The number of halogens is 2. The Hall–Kier alpha value is -4.68. The van der Waals surface area contributed by atoms with Crippen LogP contribution in [0.5, 0.6) is 0 Å². The van der Waals surface area contributed by atoms with Crippen LogP contribution in [0.3, 0.4) is 0 Å². The normalized spacial score (nSPS) is 15.4. The van der Waals surface area contributed by atoms with E-state index < -0.39 is 17.9 Å². The molecule has 1 aliphatic heterocycles. The molecular weight excluding hydrogens is 512 g/mol. The molecule has 0 radical (unpaired) electrons. The molecule has 0 N–H and O–H groups in total. The number of hydrogen-bond acceptors (Lipinski definition) is 9. The summed E-state index contributed by atoms with van der Waals surface area (Å²) in [5.41, 5.74) is 1.67. The van der Waals surface area contributed by atoms with E-state index in [9.17, 15) is 14.0 Å². The molecule has 0 spiro atoms. The lowest BCUT2D eigenvalue weighted by Crippen LogP contribution is -2.56. The lowest BCUT2D eigenvalue weighted by atomic mass is 10.2. The maximum atomic E-state index is 15.0. The van der Waals surface area contributed by atoms with Gasteiger partial charge in [0.05, 0.1) is 25.0 Å². The van der Waals surface area contributed by atoms with Gasteiger partial charge in [-0.05, 0) is 18.6 Å². The second kappa shape index (κ2) is 11.4. The topological polar surface area (TPSA) is 119 Å². The van der Waals surface area contributed by atoms with Gasteiger partial charge in [0.15, 0.2) is 23.7 Å². The minimum Gasteiger partial charge on any atom is -0.442 e. The number of nitrogens with zero attached hydrogens (tertiary/aromatic N) is 7. The predicted molar refractivity (Wildman–Crippen MR) is 134 cm³/mol. The highest BCUT2D eigenvalue weighted by Crippen LogP contribution is 2.28. The Morgan fingerprint density at radius 1 is 1.18 bits per heavy atom. The third-order valence-corrected chi connectivity index (χ3v) is 6.35. The van der Waals surface area contributed by atoms with Crippen molar-refractivity contribution in [2.24, 2.45) is 0 Å². The van der Waals surface area contributed by atoms with Crippen LogP contribution in [0.25, 0.3) is 22.9 Å². The summed E-state index contributed by atoms with van der Waals surface area (Å²) in [5, 5.41) is 8.53. The molecular formula is C26H25F2N7O4. The Morgan fingerprint density at radius 3 is 2.77 bits per heavy atom. The maximum absolute atomic E-state index is 15.0. The Labute approximate surface area is 222 Å². The molecule has 1 saturated heterocycles. The number of aromatic nitrogens is 5. The zero-order chi connectivity index (χ0) is 27.4. The van der Waals surface area contributed by atoms with Crippen LogP contribution in [-0.4, -0.2) is 68.0 Å². The number of carbonyl (C=O) groups is 2. The predicted octanol–water partition coefficient (Wildman–Crippen LogP) is 3.27. The van der Waals surface area contributed by atoms with Gasteiger partial charge in [-0.3, -0.25) is 14.3 Å². The average molecular weight is 538 g/mol. The molecule has 0 aliphatic carbocycles. The van der Waals surface area contributed by atoms with Crippen LogP contribution in [0.1, 0.15) is 25.3 Å². The zero-order valence-electron chi connectivity index (χ0n) is 21.0. The summed E-state index contributed by atoms with van der Waals surface area (Å²) in [6.45, 7) is 2.82. The van der Waals surface area contributed by atoms with Crippen LogP contribution in [-0.2, 0) is 20.9 Å². The van der Waals surface area contributed by atoms with Gasteiger partial charge in [-0.25, -0.2) is 18.7 Å². The second-order valence-corrected chi connectivity index (χ2v) is 8.88. The van der Waals surface area contributed by atoms with E-state index in [1.54, 1.807) is 35.2 Å². The summed E-state index contributed by atoms with van der Waals surface area (Å²) in [7, 11) is 0. The van der Waals surface area contributed by atoms with Crippen molar-refractivity contribution < 1.29 is 27.6 Å². The molecule has 0 saturated carbocycles. The van der Waals surface area contributed by atoms with Gasteiger partial charge in [0.2, 0.25) is 5.91 Å². The molecule has 1 atom stereocenters. The van der Waals surface area contributed by atoms with E-state index in [1.807, 2.05) is 6.92 Å². The fourth-order valence-electron chi connectivity index (χ4n) is 4.44. The monoisotopic (exact) mass is 537 g/mol. The third kappa shape index (κ3) is 5.47. The van der Waals surface area contributed by atoms with Gasteiger partial charge in [0, 0.05) is 31.1 Å². The van der Waals surface area contributed by atoms with E-state index in [4.69, 9.17) is 9.26 Å². The van der Waals surface area contributed by atoms with Crippen molar-refractivity contribution in [1.82, 2.24) is 29.8 Å². The van der Waals surface area contributed by atoms with Gasteiger partial charge in [-0.1, -0.05) is 30.3 Å². The van der Waals surface area contributed by atoms with Gasteiger partial charge in [-0.15, -0.1) is 0 Å². The molecule has 1 amide bonds. The molecule has 13 heteroatoms. The summed E-state index contributed by atoms with van der Waals surface area (Å²) in [6.07, 6.45) is 2.53. The molecule has 1 aromatic carbocycles. The molecule has 202 valence electrons. The van der Waals surface area contributed by atoms with Crippen LogP contribution >= 0.6 is 0 Å². The second-order valence-electron chi connectivity index (χ2n) is 8.88. The molecule has 1 fully saturated rings. The van der Waals surface area contributed by atoms with E-state index in [1.165, 1.54) is 21.9 Å². The SMILES string of the molecule is CCCC(=O)N1CCN(c2nc(-c3cc(-c4ccon4)n(Cc4ccccc4F)n3)ncc2F)C(OC=O)C1. The quantitative estimate of drug-likeness (QED) is 0.296. The van der Waals surface area contributed by atoms with E-state index >= 15 is 4.39 Å². The number of benzene rings is 1. The van der Waals surface area contributed by atoms with E-state index in [-0.39, 0.29) is 49.3 Å². The fourth-order valence-corrected chi connectivity index (χ4v) is 4.44. The van der Waals surface area contributed by atoms with Crippen molar-refractivity contribution in [2.45, 2.75) is 32.5 Å². The highest BCUT2D eigenvalue weighted by Gasteiger charge is 2.33. The van der Waals surface area contributed by atoms with Crippen LogP contribution in [0.2, 0.25) is 0 Å². The van der Waals surface area contributed by atoms with E-state index in [2.05, 4.69) is 20.2 Å². The molecule has 11 nitrogen and oxygen atoms in total. The Bertz CT molecular complexity index is 1460. The molecule has 4 aromatic rings. The molecule has 0 bridgehead atoms. The average Bonchev–Trinajstić information content (AvgIpc) is 3.61. The van der Waals surface area contributed by atoms with Gasteiger partial charge in [0.25, 0.3) is 6.47 Å². The number of ether oxygens (including phenoxy) is 1. The Morgan fingerprint density at radius 2 is 2.03 bits per heavy atom. The molecule has 5 rings (SSSR count). The summed E-state index contributed by atoms with van der Waals surface area (Å²) in [5.74, 6) is -1.19. The number of anilines is 1. The minimum atomic E-state index is -0.932. The van der Waals surface area contributed by atoms with Crippen LogP contribution in [0.4, 0.5) is 14.6 Å². The first kappa shape index (κ1) is 25.9. The zero-order valence-corrected chi connectivity index (χ0v) is 21.0. The Kier molecular flexibility index (Phi) is 7.57. The van der Waals surface area contributed by atoms with E-state index in [0.29, 0.717) is 36.3 Å². The molecule has 1 unspecified atom stereocenters. The molecule has 1 aliphatic rings. The number of hydrogen-bond donors (Lipinski definition) is 0.